The monoisotopic (exact) mass is 353 g/mol. The van der Waals surface area contributed by atoms with Gasteiger partial charge in [0, 0.05) is 13.1 Å². The minimum atomic E-state index is -0.0273. The molecular formula is C22H27NO3. The highest BCUT2D eigenvalue weighted by atomic mass is 16.6. The van der Waals surface area contributed by atoms with Crippen LogP contribution >= 0.6 is 0 Å². The molecule has 4 heteroatoms. The molecule has 0 radical (unpaired) electrons. The first-order valence-electron chi connectivity index (χ1n) is 9.52. The maximum absolute atomic E-state index is 6.32. The molecule has 2 aliphatic rings. The van der Waals surface area contributed by atoms with Crippen molar-refractivity contribution in [3.8, 4) is 0 Å². The van der Waals surface area contributed by atoms with E-state index in [0.717, 1.165) is 19.6 Å². The molecule has 2 aliphatic heterocycles. The molecule has 0 unspecified atom stereocenters. The Morgan fingerprint density at radius 1 is 0.808 bits per heavy atom. The number of rotatable bonds is 7. The van der Waals surface area contributed by atoms with Gasteiger partial charge in [-0.25, -0.2) is 0 Å². The quantitative estimate of drug-likeness (QED) is 0.764. The zero-order valence-corrected chi connectivity index (χ0v) is 15.3. The minimum absolute atomic E-state index is 0.0273. The van der Waals surface area contributed by atoms with E-state index in [0.29, 0.717) is 13.2 Å². The minimum Gasteiger partial charge on any atom is -0.368 e. The van der Waals surface area contributed by atoms with E-state index in [1.807, 2.05) is 36.4 Å². The first kappa shape index (κ1) is 17.7. The van der Waals surface area contributed by atoms with Crippen LogP contribution < -0.4 is 0 Å². The topological polar surface area (TPSA) is 30.9 Å². The third kappa shape index (κ3) is 3.99. The van der Waals surface area contributed by atoms with Gasteiger partial charge in [-0.2, -0.15) is 0 Å². The van der Waals surface area contributed by atoms with Crippen molar-refractivity contribution >= 4 is 0 Å². The van der Waals surface area contributed by atoms with Crippen LogP contribution in [-0.2, 0) is 27.4 Å². The van der Waals surface area contributed by atoms with Crippen LogP contribution in [0, 0.1) is 0 Å². The van der Waals surface area contributed by atoms with Crippen LogP contribution in [0.4, 0.5) is 0 Å². The van der Waals surface area contributed by atoms with Crippen LogP contribution in [-0.4, -0.2) is 49.0 Å². The molecule has 0 saturated carbocycles. The molecule has 2 aromatic carbocycles. The Balaban J connectivity index is 1.45. The van der Waals surface area contributed by atoms with E-state index in [1.54, 1.807) is 0 Å². The van der Waals surface area contributed by atoms with Gasteiger partial charge in [0.25, 0.3) is 0 Å². The summed E-state index contributed by atoms with van der Waals surface area (Å²) in [7, 11) is 0. The van der Waals surface area contributed by atoms with Crippen molar-refractivity contribution in [3.63, 3.8) is 0 Å². The number of hydrogen-bond acceptors (Lipinski definition) is 4. The first-order valence-corrected chi connectivity index (χ1v) is 9.52. The highest BCUT2D eigenvalue weighted by Gasteiger charge is 2.50. The van der Waals surface area contributed by atoms with Crippen molar-refractivity contribution in [2.45, 2.75) is 44.6 Å². The molecule has 0 spiro atoms. The predicted octanol–water partition coefficient (Wildman–Crippen LogP) is 3.26. The van der Waals surface area contributed by atoms with E-state index in [2.05, 4.69) is 36.1 Å². The van der Waals surface area contributed by atoms with Crippen LogP contribution in [0.15, 0.2) is 60.7 Å². The fourth-order valence-electron chi connectivity index (χ4n) is 3.88. The second kappa shape index (κ2) is 8.31. The van der Waals surface area contributed by atoms with Gasteiger partial charge in [-0.15, -0.1) is 0 Å². The van der Waals surface area contributed by atoms with Gasteiger partial charge in [-0.05, 0) is 17.7 Å². The van der Waals surface area contributed by atoms with Gasteiger partial charge in [-0.3, -0.25) is 4.90 Å². The summed E-state index contributed by atoms with van der Waals surface area (Å²) < 4.78 is 18.9. The Kier molecular flexibility index (Phi) is 5.65. The second-order valence-corrected chi connectivity index (χ2v) is 7.09. The van der Waals surface area contributed by atoms with E-state index >= 15 is 0 Å². The van der Waals surface area contributed by atoms with Crippen LogP contribution in [0.2, 0.25) is 0 Å². The molecule has 0 amide bonds. The molecule has 4 nitrogen and oxygen atoms in total. The number of nitrogens with zero attached hydrogens (tertiary/aromatic N) is 1. The number of likely N-dealkylation sites (tertiary alicyclic amines) is 1. The normalized spacial score (nSPS) is 28.3. The molecule has 0 N–H and O–H groups in total. The van der Waals surface area contributed by atoms with Gasteiger partial charge >= 0.3 is 0 Å². The summed E-state index contributed by atoms with van der Waals surface area (Å²) >= 11 is 0. The Morgan fingerprint density at radius 3 is 1.69 bits per heavy atom. The van der Waals surface area contributed by atoms with E-state index in [9.17, 15) is 0 Å². The van der Waals surface area contributed by atoms with Gasteiger partial charge < -0.3 is 14.2 Å². The fourth-order valence-corrected chi connectivity index (χ4v) is 3.88. The van der Waals surface area contributed by atoms with Crippen molar-refractivity contribution in [2.75, 3.05) is 19.6 Å². The van der Waals surface area contributed by atoms with Gasteiger partial charge in [0.05, 0.1) is 25.4 Å². The summed E-state index contributed by atoms with van der Waals surface area (Å²) in [6, 6.07) is 20.6. The Labute approximate surface area is 155 Å². The SMILES string of the molecule is CCN1C[C@@H]2O[C@H](C1)[C@@H](OCc1ccccc1)[C@@H]2OCc1ccccc1. The number of morpholine rings is 1. The lowest BCUT2D eigenvalue weighted by molar-refractivity contribution is -0.0742. The second-order valence-electron chi connectivity index (χ2n) is 7.09. The lowest BCUT2D eigenvalue weighted by Crippen LogP contribution is -2.44. The molecular weight excluding hydrogens is 326 g/mol. The lowest BCUT2D eigenvalue weighted by atomic mass is 10.1. The molecule has 0 aromatic heterocycles. The first-order chi connectivity index (χ1) is 12.8. The summed E-state index contributed by atoms with van der Waals surface area (Å²) in [5, 5.41) is 0. The van der Waals surface area contributed by atoms with Gasteiger partial charge in [0.15, 0.2) is 0 Å². The molecule has 0 aliphatic carbocycles. The maximum atomic E-state index is 6.32. The molecule has 4 atom stereocenters. The molecule has 2 aromatic rings. The van der Waals surface area contributed by atoms with Crippen molar-refractivity contribution in [1.82, 2.24) is 4.90 Å². The van der Waals surface area contributed by atoms with E-state index in [1.165, 1.54) is 11.1 Å². The third-order valence-corrected chi connectivity index (χ3v) is 5.30. The average Bonchev–Trinajstić information content (AvgIpc) is 2.95. The van der Waals surface area contributed by atoms with Crippen molar-refractivity contribution in [1.29, 1.82) is 0 Å². The summed E-state index contributed by atoms with van der Waals surface area (Å²) in [4.78, 5) is 2.43. The predicted molar refractivity (Wildman–Crippen MR) is 101 cm³/mol. The van der Waals surface area contributed by atoms with Crippen molar-refractivity contribution in [3.05, 3.63) is 71.8 Å². The summed E-state index contributed by atoms with van der Waals surface area (Å²) in [6.07, 6.45) is 0.109. The highest BCUT2D eigenvalue weighted by molar-refractivity contribution is 5.15. The average molecular weight is 353 g/mol. The molecule has 2 bridgehead atoms. The number of likely N-dealkylation sites (N-methyl/N-ethyl adjacent to an activating group) is 1. The molecule has 2 fully saturated rings. The number of benzene rings is 2. The summed E-state index contributed by atoms with van der Waals surface area (Å²) in [6.45, 7) is 6.25. The lowest BCUT2D eigenvalue weighted by Gasteiger charge is -2.31. The summed E-state index contributed by atoms with van der Waals surface area (Å²) in [5.74, 6) is 0. The van der Waals surface area contributed by atoms with Crippen LogP contribution in [0.1, 0.15) is 18.1 Å². The standard InChI is InChI=1S/C22H27NO3/c1-2-23-13-19-21(24-15-17-9-5-3-6-10-17)22(20(14-23)26-19)25-16-18-11-7-4-8-12-18/h3-12,19-22H,2,13-16H2,1H3/t19-,20+,21-,22-/m1/s1. The summed E-state index contributed by atoms with van der Waals surface area (Å²) in [5.41, 5.74) is 2.37. The molecule has 2 heterocycles. The molecule has 2 saturated heterocycles. The van der Waals surface area contributed by atoms with E-state index in [-0.39, 0.29) is 24.4 Å². The Bertz CT molecular complexity index is 621. The van der Waals surface area contributed by atoms with Crippen molar-refractivity contribution in [2.24, 2.45) is 0 Å². The van der Waals surface area contributed by atoms with Gasteiger partial charge in [0.2, 0.25) is 0 Å². The fraction of sp³-hybridized carbons (Fsp3) is 0.455. The molecule has 138 valence electrons. The molecule has 26 heavy (non-hydrogen) atoms. The molecule has 4 rings (SSSR count). The zero-order valence-electron chi connectivity index (χ0n) is 15.3. The smallest absolute Gasteiger partial charge is 0.114 e. The third-order valence-electron chi connectivity index (χ3n) is 5.30. The van der Waals surface area contributed by atoms with Crippen LogP contribution in [0.5, 0.6) is 0 Å². The number of fused-ring (bicyclic) bond motifs is 2. The van der Waals surface area contributed by atoms with Crippen molar-refractivity contribution < 1.29 is 14.2 Å². The Hall–Kier alpha value is -1.72. The Morgan fingerprint density at radius 2 is 1.27 bits per heavy atom. The largest absolute Gasteiger partial charge is 0.368 e. The van der Waals surface area contributed by atoms with Crippen LogP contribution in [0.25, 0.3) is 0 Å². The maximum Gasteiger partial charge on any atom is 0.114 e. The van der Waals surface area contributed by atoms with Gasteiger partial charge in [-0.1, -0.05) is 67.6 Å². The van der Waals surface area contributed by atoms with Crippen LogP contribution in [0.3, 0.4) is 0 Å². The number of hydrogen-bond donors (Lipinski definition) is 0. The van der Waals surface area contributed by atoms with Gasteiger partial charge in [0.1, 0.15) is 12.2 Å². The highest BCUT2D eigenvalue weighted by Crippen LogP contribution is 2.32. The van der Waals surface area contributed by atoms with E-state index in [4.69, 9.17) is 14.2 Å². The number of ether oxygens (including phenoxy) is 3. The zero-order chi connectivity index (χ0) is 17.8. The van der Waals surface area contributed by atoms with E-state index < -0.39 is 0 Å².